The Hall–Kier alpha value is -1.10. The molecule has 1 fully saturated rings. The molecule has 5 nitrogen and oxygen atoms in total. The van der Waals surface area contributed by atoms with Gasteiger partial charge in [0.15, 0.2) is 0 Å². The van der Waals surface area contributed by atoms with Crippen molar-refractivity contribution in [1.82, 2.24) is 9.80 Å². The van der Waals surface area contributed by atoms with Gasteiger partial charge in [-0.3, -0.25) is 9.59 Å². The maximum absolute atomic E-state index is 12.0. The van der Waals surface area contributed by atoms with Gasteiger partial charge in [-0.2, -0.15) is 0 Å². The second kappa shape index (κ2) is 7.36. The molecule has 0 radical (unpaired) electrons. The summed E-state index contributed by atoms with van der Waals surface area (Å²) in [4.78, 5) is 27.3. The van der Waals surface area contributed by atoms with E-state index in [0.29, 0.717) is 25.9 Å². The summed E-state index contributed by atoms with van der Waals surface area (Å²) in [6.07, 6.45) is 2.63. The Kier molecular flexibility index (Phi) is 6.12. The average molecular weight is 255 g/mol. The van der Waals surface area contributed by atoms with E-state index in [1.807, 2.05) is 23.6 Å². The Labute approximate surface area is 109 Å². The lowest BCUT2D eigenvalue weighted by molar-refractivity contribution is -0.133. The minimum absolute atomic E-state index is 0.0471. The van der Waals surface area contributed by atoms with Crippen LogP contribution in [0.2, 0.25) is 0 Å². The van der Waals surface area contributed by atoms with Crippen molar-refractivity contribution in [3.8, 4) is 0 Å². The SMILES string of the molecule is CCC(=O)N1CCCN(C(=O)CC(N)CC)CC1. The number of amides is 2. The third-order valence-corrected chi connectivity index (χ3v) is 3.46. The van der Waals surface area contributed by atoms with Crippen molar-refractivity contribution in [2.45, 2.75) is 45.6 Å². The quantitative estimate of drug-likeness (QED) is 0.799. The van der Waals surface area contributed by atoms with E-state index in [9.17, 15) is 9.59 Å². The summed E-state index contributed by atoms with van der Waals surface area (Å²) in [6, 6.07) is -0.0471. The predicted octanol–water partition coefficient (Wildman–Crippen LogP) is 0.585. The van der Waals surface area contributed by atoms with E-state index in [-0.39, 0.29) is 17.9 Å². The van der Waals surface area contributed by atoms with Crippen LogP contribution in [0.4, 0.5) is 0 Å². The minimum Gasteiger partial charge on any atom is -0.341 e. The molecule has 1 atom stereocenters. The van der Waals surface area contributed by atoms with Gasteiger partial charge in [-0.1, -0.05) is 13.8 Å². The van der Waals surface area contributed by atoms with Crippen molar-refractivity contribution in [2.75, 3.05) is 26.2 Å². The molecule has 104 valence electrons. The zero-order chi connectivity index (χ0) is 13.5. The summed E-state index contributed by atoms with van der Waals surface area (Å²) in [7, 11) is 0. The molecule has 1 unspecified atom stereocenters. The molecular formula is C13H25N3O2. The topological polar surface area (TPSA) is 66.6 Å². The van der Waals surface area contributed by atoms with Crippen molar-refractivity contribution >= 4 is 11.8 Å². The van der Waals surface area contributed by atoms with E-state index in [1.165, 1.54) is 0 Å². The van der Waals surface area contributed by atoms with Crippen LogP contribution >= 0.6 is 0 Å². The van der Waals surface area contributed by atoms with Crippen LogP contribution in [0, 0.1) is 0 Å². The standard InChI is InChI=1S/C13H25N3O2/c1-3-11(14)10-13(18)16-7-5-6-15(8-9-16)12(17)4-2/h11H,3-10,14H2,1-2H3. The second-order valence-electron chi connectivity index (χ2n) is 4.84. The van der Waals surface area contributed by atoms with Crippen LogP contribution in [-0.2, 0) is 9.59 Å². The van der Waals surface area contributed by atoms with Crippen molar-refractivity contribution in [2.24, 2.45) is 5.73 Å². The van der Waals surface area contributed by atoms with Gasteiger partial charge >= 0.3 is 0 Å². The van der Waals surface area contributed by atoms with Crippen LogP contribution in [0.1, 0.15) is 39.5 Å². The van der Waals surface area contributed by atoms with Crippen LogP contribution in [0.15, 0.2) is 0 Å². The van der Waals surface area contributed by atoms with Gasteiger partial charge in [0.25, 0.3) is 0 Å². The summed E-state index contributed by atoms with van der Waals surface area (Å²) < 4.78 is 0. The van der Waals surface area contributed by atoms with Crippen molar-refractivity contribution in [3.63, 3.8) is 0 Å². The fourth-order valence-corrected chi connectivity index (χ4v) is 2.14. The van der Waals surface area contributed by atoms with E-state index in [0.717, 1.165) is 25.9 Å². The molecule has 0 bridgehead atoms. The van der Waals surface area contributed by atoms with Crippen molar-refractivity contribution in [3.05, 3.63) is 0 Å². The third kappa shape index (κ3) is 4.29. The molecule has 2 N–H and O–H groups in total. The average Bonchev–Trinajstić information content (AvgIpc) is 2.63. The summed E-state index contributed by atoms with van der Waals surface area (Å²) in [5.41, 5.74) is 5.80. The molecule has 0 aromatic carbocycles. The van der Waals surface area contributed by atoms with Crippen LogP contribution in [0.25, 0.3) is 0 Å². The Bertz CT molecular complexity index is 294. The third-order valence-electron chi connectivity index (χ3n) is 3.46. The van der Waals surface area contributed by atoms with E-state index >= 15 is 0 Å². The summed E-state index contributed by atoms with van der Waals surface area (Å²) >= 11 is 0. The van der Waals surface area contributed by atoms with E-state index < -0.39 is 0 Å². The largest absolute Gasteiger partial charge is 0.341 e. The van der Waals surface area contributed by atoms with Crippen LogP contribution in [-0.4, -0.2) is 53.8 Å². The second-order valence-corrected chi connectivity index (χ2v) is 4.84. The zero-order valence-corrected chi connectivity index (χ0v) is 11.5. The number of carbonyl (C=O) groups is 2. The maximum Gasteiger partial charge on any atom is 0.224 e. The van der Waals surface area contributed by atoms with Crippen LogP contribution in [0.3, 0.4) is 0 Å². The number of nitrogens with zero attached hydrogens (tertiary/aromatic N) is 2. The number of rotatable bonds is 4. The molecular weight excluding hydrogens is 230 g/mol. The number of hydrogen-bond donors (Lipinski definition) is 1. The predicted molar refractivity (Wildman–Crippen MR) is 71.0 cm³/mol. The van der Waals surface area contributed by atoms with Gasteiger partial charge in [-0.25, -0.2) is 0 Å². The van der Waals surface area contributed by atoms with Gasteiger partial charge in [0, 0.05) is 45.1 Å². The zero-order valence-electron chi connectivity index (χ0n) is 11.5. The van der Waals surface area contributed by atoms with E-state index in [2.05, 4.69) is 0 Å². The Morgan fingerprint density at radius 2 is 1.61 bits per heavy atom. The highest BCUT2D eigenvalue weighted by atomic mass is 16.2. The number of nitrogens with two attached hydrogens (primary N) is 1. The molecule has 1 saturated heterocycles. The first-order valence-corrected chi connectivity index (χ1v) is 6.89. The first kappa shape index (κ1) is 15.0. The molecule has 0 aromatic heterocycles. The van der Waals surface area contributed by atoms with Gasteiger partial charge in [-0.15, -0.1) is 0 Å². The van der Waals surface area contributed by atoms with E-state index in [4.69, 9.17) is 5.73 Å². The Balaban J connectivity index is 2.46. The van der Waals surface area contributed by atoms with Gasteiger partial charge in [-0.05, 0) is 12.8 Å². The van der Waals surface area contributed by atoms with Gasteiger partial charge < -0.3 is 15.5 Å². The van der Waals surface area contributed by atoms with Crippen LogP contribution < -0.4 is 5.73 Å². The normalized spacial score (nSPS) is 18.4. The Morgan fingerprint density at radius 3 is 2.11 bits per heavy atom. The molecule has 0 spiro atoms. The maximum atomic E-state index is 12.0. The summed E-state index contributed by atoms with van der Waals surface area (Å²) in [5.74, 6) is 0.296. The molecule has 0 aromatic rings. The smallest absolute Gasteiger partial charge is 0.224 e. The Morgan fingerprint density at radius 1 is 1.06 bits per heavy atom. The molecule has 2 amide bonds. The van der Waals surface area contributed by atoms with Crippen molar-refractivity contribution in [1.29, 1.82) is 0 Å². The highest BCUT2D eigenvalue weighted by molar-refractivity contribution is 5.78. The molecule has 1 heterocycles. The molecule has 0 aliphatic carbocycles. The summed E-state index contributed by atoms with van der Waals surface area (Å²) in [5, 5.41) is 0. The van der Waals surface area contributed by atoms with Crippen LogP contribution in [0.5, 0.6) is 0 Å². The fourth-order valence-electron chi connectivity index (χ4n) is 2.14. The molecule has 18 heavy (non-hydrogen) atoms. The van der Waals surface area contributed by atoms with Gasteiger partial charge in [0.2, 0.25) is 11.8 Å². The van der Waals surface area contributed by atoms with Crippen molar-refractivity contribution < 1.29 is 9.59 Å². The molecule has 1 aliphatic heterocycles. The molecule has 1 aliphatic rings. The number of carbonyl (C=O) groups excluding carboxylic acids is 2. The lowest BCUT2D eigenvalue weighted by Crippen LogP contribution is -2.39. The van der Waals surface area contributed by atoms with E-state index in [1.54, 1.807) is 0 Å². The van der Waals surface area contributed by atoms with Gasteiger partial charge in [0.1, 0.15) is 0 Å². The van der Waals surface area contributed by atoms with Gasteiger partial charge in [0.05, 0.1) is 0 Å². The first-order chi connectivity index (χ1) is 8.58. The minimum atomic E-state index is -0.0471. The lowest BCUT2D eigenvalue weighted by Gasteiger charge is -2.23. The monoisotopic (exact) mass is 255 g/mol. The first-order valence-electron chi connectivity index (χ1n) is 6.89. The number of hydrogen-bond acceptors (Lipinski definition) is 3. The molecule has 0 saturated carbocycles. The fraction of sp³-hybridized carbons (Fsp3) is 0.846. The lowest BCUT2D eigenvalue weighted by atomic mass is 10.1. The molecule has 5 heteroatoms. The highest BCUT2D eigenvalue weighted by Crippen LogP contribution is 2.07. The molecule has 1 rings (SSSR count). The highest BCUT2D eigenvalue weighted by Gasteiger charge is 2.21. The summed E-state index contributed by atoms with van der Waals surface area (Å²) in [6.45, 7) is 6.65.